The lowest BCUT2D eigenvalue weighted by atomic mass is 9.95. The Hall–Kier alpha value is -4.13. The van der Waals surface area contributed by atoms with Crippen molar-refractivity contribution in [3.05, 3.63) is 84.3 Å². The lowest BCUT2D eigenvalue weighted by Crippen LogP contribution is -1.94. The van der Waals surface area contributed by atoms with E-state index in [0.717, 1.165) is 53.4 Å². The van der Waals surface area contributed by atoms with Crippen LogP contribution >= 0.6 is 0 Å². The molecule has 162 valence electrons. The predicted octanol–water partition coefficient (Wildman–Crippen LogP) is 5.76. The summed E-state index contributed by atoms with van der Waals surface area (Å²) in [5.74, 6) is -3.07. The normalized spacial score (nSPS) is 12.9. The molecule has 0 bridgehead atoms. The molecule has 0 spiro atoms. The van der Waals surface area contributed by atoms with E-state index < -0.39 is 17.4 Å². The summed E-state index contributed by atoms with van der Waals surface area (Å²) in [6.07, 6.45) is 5.49. The van der Waals surface area contributed by atoms with E-state index in [2.05, 4.69) is 14.6 Å². The van der Waals surface area contributed by atoms with E-state index in [-0.39, 0.29) is 0 Å². The fraction of sp³-hybridized carbons (Fsp3) is 0.115. The molecule has 1 N–H and O–H groups in total. The van der Waals surface area contributed by atoms with Gasteiger partial charge in [-0.05, 0) is 65.9 Å². The fourth-order valence-corrected chi connectivity index (χ4v) is 4.58. The molecule has 2 aromatic carbocycles. The second-order valence-corrected chi connectivity index (χ2v) is 8.09. The zero-order chi connectivity index (χ0) is 22.5. The molecule has 0 saturated heterocycles. The van der Waals surface area contributed by atoms with Gasteiger partial charge in [0.1, 0.15) is 5.69 Å². The highest BCUT2D eigenvalue weighted by atomic mass is 19.2. The van der Waals surface area contributed by atoms with Crippen LogP contribution in [-0.4, -0.2) is 24.9 Å². The third-order valence-electron chi connectivity index (χ3n) is 6.10. The molecular weight excluding hydrogens is 422 g/mol. The smallest absolute Gasteiger partial charge is 0.200 e. The molecule has 0 atom stereocenters. The first-order valence-electron chi connectivity index (χ1n) is 10.7. The maximum atomic E-state index is 13.9. The quantitative estimate of drug-likeness (QED) is 0.388. The minimum Gasteiger partial charge on any atom is -0.505 e. The standard InChI is InChI=1S/C26H18F2N4O/c27-19-12-16(14-23(33)25(19)28)15-6-7-17-18(8-10-30-21(17)13-15)24-22-5-3-11-32(22)31-26(24)20-4-1-2-9-29-20/h1-2,4,6-10,12-14,33H,3,5,11H2. The van der Waals surface area contributed by atoms with E-state index in [4.69, 9.17) is 5.10 Å². The summed E-state index contributed by atoms with van der Waals surface area (Å²) in [7, 11) is 0. The number of phenolic OH excluding ortho intramolecular Hbond substituents is 1. The monoisotopic (exact) mass is 440 g/mol. The number of nitrogens with zero attached hydrogens (tertiary/aromatic N) is 4. The number of phenols is 1. The minimum absolute atomic E-state index is 0.376. The molecule has 0 saturated carbocycles. The van der Waals surface area contributed by atoms with Gasteiger partial charge in [0.2, 0.25) is 0 Å². The summed E-state index contributed by atoms with van der Waals surface area (Å²) in [4.78, 5) is 9.05. The molecule has 33 heavy (non-hydrogen) atoms. The summed E-state index contributed by atoms with van der Waals surface area (Å²) in [5.41, 5.74) is 6.60. The van der Waals surface area contributed by atoms with E-state index in [1.54, 1.807) is 12.4 Å². The van der Waals surface area contributed by atoms with E-state index in [1.807, 2.05) is 42.5 Å². The molecule has 5 nitrogen and oxygen atoms in total. The van der Waals surface area contributed by atoms with Gasteiger partial charge in [-0.2, -0.15) is 9.49 Å². The van der Waals surface area contributed by atoms with Gasteiger partial charge in [0.25, 0.3) is 0 Å². The van der Waals surface area contributed by atoms with Crippen LogP contribution in [0.4, 0.5) is 8.78 Å². The summed E-state index contributed by atoms with van der Waals surface area (Å²) < 4.78 is 29.4. The molecule has 7 heteroatoms. The summed E-state index contributed by atoms with van der Waals surface area (Å²) in [6, 6.07) is 15.6. The van der Waals surface area contributed by atoms with Gasteiger partial charge < -0.3 is 5.11 Å². The molecule has 0 amide bonds. The Kier molecular flexibility index (Phi) is 4.43. The molecule has 0 aliphatic carbocycles. The van der Waals surface area contributed by atoms with Crippen LogP contribution in [0.3, 0.4) is 0 Å². The van der Waals surface area contributed by atoms with Crippen molar-refractivity contribution in [1.82, 2.24) is 19.7 Å². The van der Waals surface area contributed by atoms with Crippen molar-refractivity contribution in [1.29, 1.82) is 0 Å². The Bertz CT molecular complexity index is 1510. The number of benzene rings is 2. The van der Waals surface area contributed by atoms with Crippen LogP contribution in [0.25, 0.3) is 44.5 Å². The highest BCUT2D eigenvalue weighted by Gasteiger charge is 2.25. The highest BCUT2D eigenvalue weighted by molar-refractivity contribution is 6.00. The number of aromatic nitrogens is 4. The van der Waals surface area contributed by atoms with Crippen molar-refractivity contribution >= 4 is 10.9 Å². The SMILES string of the molecule is Oc1cc(-c2ccc3c(-c4c(-c5ccccn5)nn5c4CCC5)ccnc3c2)cc(F)c1F. The van der Waals surface area contributed by atoms with Crippen LogP contribution in [0.2, 0.25) is 0 Å². The number of hydrogen-bond acceptors (Lipinski definition) is 4. The molecular formula is C26H18F2N4O. The van der Waals surface area contributed by atoms with Crippen LogP contribution in [0, 0.1) is 11.6 Å². The maximum Gasteiger partial charge on any atom is 0.200 e. The third-order valence-corrected chi connectivity index (χ3v) is 6.10. The van der Waals surface area contributed by atoms with E-state index in [0.29, 0.717) is 16.6 Å². The number of pyridine rings is 2. The molecule has 4 heterocycles. The Balaban J connectivity index is 1.54. The first-order valence-corrected chi connectivity index (χ1v) is 10.7. The molecule has 6 rings (SSSR count). The van der Waals surface area contributed by atoms with Gasteiger partial charge in [0, 0.05) is 35.6 Å². The lowest BCUT2D eigenvalue weighted by molar-refractivity contribution is 0.407. The van der Waals surface area contributed by atoms with E-state index in [9.17, 15) is 13.9 Å². The molecule has 0 fully saturated rings. The van der Waals surface area contributed by atoms with Gasteiger partial charge >= 0.3 is 0 Å². The molecule has 1 aliphatic heterocycles. The van der Waals surface area contributed by atoms with Crippen molar-refractivity contribution in [2.45, 2.75) is 19.4 Å². The van der Waals surface area contributed by atoms with Crippen molar-refractivity contribution in [2.75, 3.05) is 0 Å². The number of aryl methyl sites for hydroxylation is 1. The topological polar surface area (TPSA) is 63.8 Å². The van der Waals surface area contributed by atoms with Crippen LogP contribution < -0.4 is 0 Å². The Morgan fingerprint density at radius 1 is 0.909 bits per heavy atom. The van der Waals surface area contributed by atoms with Crippen LogP contribution in [0.15, 0.2) is 67.0 Å². The van der Waals surface area contributed by atoms with Gasteiger partial charge in [-0.3, -0.25) is 14.6 Å². The van der Waals surface area contributed by atoms with Crippen molar-refractivity contribution < 1.29 is 13.9 Å². The first-order chi connectivity index (χ1) is 16.1. The molecule has 0 unspecified atom stereocenters. The zero-order valence-corrected chi connectivity index (χ0v) is 17.5. The number of halogens is 2. The Morgan fingerprint density at radius 2 is 1.82 bits per heavy atom. The van der Waals surface area contributed by atoms with Crippen molar-refractivity contribution in [2.24, 2.45) is 0 Å². The van der Waals surface area contributed by atoms with Gasteiger partial charge in [0.15, 0.2) is 17.4 Å². The second-order valence-electron chi connectivity index (χ2n) is 8.09. The largest absolute Gasteiger partial charge is 0.505 e. The van der Waals surface area contributed by atoms with Gasteiger partial charge in [-0.1, -0.05) is 18.2 Å². The lowest BCUT2D eigenvalue weighted by Gasteiger charge is -2.11. The van der Waals surface area contributed by atoms with Crippen molar-refractivity contribution in [3.8, 4) is 39.4 Å². The molecule has 3 aromatic heterocycles. The first kappa shape index (κ1) is 19.5. The summed E-state index contributed by atoms with van der Waals surface area (Å²) in [5, 5.41) is 15.5. The fourth-order valence-electron chi connectivity index (χ4n) is 4.58. The van der Waals surface area contributed by atoms with Gasteiger partial charge in [0.05, 0.1) is 11.2 Å². The second kappa shape index (κ2) is 7.48. The van der Waals surface area contributed by atoms with Gasteiger partial charge in [-0.25, -0.2) is 4.39 Å². The third kappa shape index (κ3) is 3.16. The number of rotatable bonds is 3. The van der Waals surface area contributed by atoms with Crippen LogP contribution in [0.1, 0.15) is 12.1 Å². The number of hydrogen-bond donors (Lipinski definition) is 1. The van der Waals surface area contributed by atoms with E-state index >= 15 is 0 Å². The number of aromatic hydroxyl groups is 1. The number of fused-ring (bicyclic) bond motifs is 2. The average molecular weight is 440 g/mol. The molecule has 5 aromatic rings. The van der Waals surface area contributed by atoms with Gasteiger partial charge in [-0.15, -0.1) is 0 Å². The predicted molar refractivity (Wildman–Crippen MR) is 122 cm³/mol. The maximum absolute atomic E-state index is 13.9. The van der Waals surface area contributed by atoms with Crippen LogP contribution in [0.5, 0.6) is 5.75 Å². The minimum atomic E-state index is -1.25. The zero-order valence-electron chi connectivity index (χ0n) is 17.5. The molecule has 0 radical (unpaired) electrons. The summed E-state index contributed by atoms with van der Waals surface area (Å²) in [6.45, 7) is 0.877. The average Bonchev–Trinajstić information content (AvgIpc) is 3.43. The van der Waals surface area contributed by atoms with Crippen molar-refractivity contribution in [3.63, 3.8) is 0 Å². The summed E-state index contributed by atoms with van der Waals surface area (Å²) >= 11 is 0. The molecule has 1 aliphatic rings. The highest BCUT2D eigenvalue weighted by Crippen LogP contribution is 2.40. The van der Waals surface area contributed by atoms with Crippen LogP contribution in [-0.2, 0) is 13.0 Å². The Morgan fingerprint density at radius 3 is 2.64 bits per heavy atom. The Labute approximate surface area is 188 Å². The van der Waals surface area contributed by atoms with E-state index in [1.165, 1.54) is 11.8 Å².